The maximum Gasteiger partial charge on any atom is 0.312 e. The largest absolute Gasteiger partial charge is 0.477 e. The van der Waals surface area contributed by atoms with Crippen LogP contribution >= 0.6 is 0 Å². The Kier molecular flexibility index (Phi) is 6.68. The van der Waals surface area contributed by atoms with Gasteiger partial charge in [-0.05, 0) is 37.5 Å². The summed E-state index contributed by atoms with van der Waals surface area (Å²) in [7, 11) is -3.80. The number of amides is 1. The van der Waals surface area contributed by atoms with Gasteiger partial charge in [0.2, 0.25) is 10.0 Å². The van der Waals surface area contributed by atoms with Crippen molar-refractivity contribution >= 4 is 21.6 Å². The van der Waals surface area contributed by atoms with Gasteiger partial charge >= 0.3 is 5.69 Å². The first-order chi connectivity index (χ1) is 14.3. The van der Waals surface area contributed by atoms with Gasteiger partial charge in [0, 0.05) is 19.2 Å². The lowest BCUT2D eigenvalue weighted by Gasteiger charge is -2.16. The molecule has 0 spiro atoms. The zero-order chi connectivity index (χ0) is 21.7. The Labute approximate surface area is 174 Å². The van der Waals surface area contributed by atoms with Crippen LogP contribution in [0.3, 0.4) is 0 Å². The number of carbonyl (C=O) groups is 1. The van der Waals surface area contributed by atoms with Crippen LogP contribution in [0.1, 0.15) is 31.4 Å². The average molecular weight is 433 g/mol. The van der Waals surface area contributed by atoms with Gasteiger partial charge in [0.25, 0.3) is 5.91 Å². The van der Waals surface area contributed by atoms with E-state index in [1.54, 1.807) is 0 Å². The Morgan fingerprint density at radius 1 is 1.20 bits per heavy atom. The predicted octanol–water partition coefficient (Wildman–Crippen LogP) is 2.64. The number of rotatable bonds is 8. The van der Waals surface area contributed by atoms with E-state index in [-0.39, 0.29) is 16.7 Å². The molecule has 0 aliphatic carbocycles. The molecule has 160 valence electrons. The predicted molar refractivity (Wildman–Crippen MR) is 110 cm³/mol. The van der Waals surface area contributed by atoms with E-state index in [0.29, 0.717) is 13.1 Å². The second-order valence-corrected chi connectivity index (χ2v) is 8.92. The molecule has 1 aliphatic rings. The lowest BCUT2D eigenvalue weighted by molar-refractivity contribution is -0.386. The number of hydrogen-bond acceptors (Lipinski definition) is 6. The average Bonchev–Trinajstić information content (AvgIpc) is 3.28. The minimum Gasteiger partial charge on any atom is -0.477 e. The van der Waals surface area contributed by atoms with Crippen molar-refractivity contribution in [2.45, 2.75) is 30.7 Å². The highest BCUT2D eigenvalue weighted by Crippen LogP contribution is 2.31. The standard InChI is InChI=1S/C20H23N3O6S/c1-15(16-7-3-2-4-8-16)21-20(24)14-29-19-10-9-17(13-18(19)23(25)26)30(27,28)22-11-5-6-12-22/h2-4,7-10,13,15H,5-6,11-12,14H2,1H3,(H,21,24)/t15-/m1/s1. The van der Waals surface area contributed by atoms with Crippen LogP contribution in [0.25, 0.3) is 0 Å². The summed E-state index contributed by atoms with van der Waals surface area (Å²) in [5.74, 6) is -0.614. The summed E-state index contributed by atoms with van der Waals surface area (Å²) in [5.41, 5.74) is 0.410. The van der Waals surface area contributed by atoms with Crippen molar-refractivity contribution in [2.24, 2.45) is 0 Å². The van der Waals surface area contributed by atoms with Crippen LogP contribution in [0.15, 0.2) is 53.4 Å². The zero-order valence-electron chi connectivity index (χ0n) is 16.5. The summed E-state index contributed by atoms with van der Waals surface area (Å²) >= 11 is 0. The molecule has 10 heteroatoms. The number of nitrogens with zero attached hydrogens (tertiary/aromatic N) is 2. The first-order valence-electron chi connectivity index (χ1n) is 9.55. The number of nitro groups is 1. The molecule has 9 nitrogen and oxygen atoms in total. The van der Waals surface area contributed by atoms with Gasteiger partial charge in [-0.1, -0.05) is 30.3 Å². The Hall–Kier alpha value is -2.98. The highest BCUT2D eigenvalue weighted by molar-refractivity contribution is 7.89. The van der Waals surface area contributed by atoms with Crippen LogP contribution in [0.5, 0.6) is 5.75 Å². The van der Waals surface area contributed by atoms with Gasteiger partial charge in [-0.3, -0.25) is 14.9 Å². The topological polar surface area (TPSA) is 119 Å². The molecule has 0 aromatic heterocycles. The number of carbonyl (C=O) groups excluding carboxylic acids is 1. The van der Waals surface area contributed by atoms with Crippen LogP contribution in [0.2, 0.25) is 0 Å². The minimum absolute atomic E-state index is 0.161. The quantitative estimate of drug-likeness (QED) is 0.505. The third-order valence-corrected chi connectivity index (χ3v) is 6.76. The Bertz CT molecular complexity index is 1020. The maximum atomic E-state index is 12.6. The van der Waals surface area contributed by atoms with E-state index in [2.05, 4.69) is 5.32 Å². The summed E-state index contributed by atoms with van der Waals surface area (Å²) in [4.78, 5) is 22.7. The second kappa shape index (κ2) is 9.23. The molecule has 1 amide bonds. The summed E-state index contributed by atoms with van der Waals surface area (Å²) in [6.07, 6.45) is 1.53. The van der Waals surface area contributed by atoms with E-state index < -0.39 is 33.1 Å². The second-order valence-electron chi connectivity index (χ2n) is 6.99. The van der Waals surface area contributed by atoms with E-state index in [0.717, 1.165) is 24.5 Å². The third kappa shape index (κ3) is 4.95. The molecular formula is C20H23N3O6S. The van der Waals surface area contributed by atoms with Crippen LogP contribution in [0, 0.1) is 10.1 Å². The van der Waals surface area contributed by atoms with E-state index in [1.807, 2.05) is 37.3 Å². The Morgan fingerprint density at radius 3 is 2.50 bits per heavy atom. The van der Waals surface area contributed by atoms with E-state index in [9.17, 15) is 23.3 Å². The summed E-state index contributed by atoms with van der Waals surface area (Å²) < 4.78 is 31.9. The van der Waals surface area contributed by atoms with E-state index in [1.165, 1.54) is 16.4 Å². The van der Waals surface area contributed by atoms with Gasteiger partial charge in [-0.25, -0.2) is 8.42 Å². The number of nitrogens with one attached hydrogen (secondary N) is 1. The highest BCUT2D eigenvalue weighted by Gasteiger charge is 2.30. The summed E-state index contributed by atoms with van der Waals surface area (Å²) in [5, 5.41) is 14.2. The Balaban J connectivity index is 1.70. The number of hydrogen-bond donors (Lipinski definition) is 1. The van der Waals surface area contributed by atoms with Crippen LogP contribution < -0.4 is 10.1 Å². The molecule has 1 fully saturated rings. The summed E-state index contributed by atoms with van der Waals surface area (Å²) in [6, 6.07) is 12.5. The fourth-order valence-electron chi connectivity index (χ4n) is 3.25. The molecule has 1 saturated heterocycles. The highest BCUT2D eigenvalue weighted by atomic mass is 32.2. The summed E-state index contributed by atoms with van der Waals surface area (Å²) in [6.45, 7) is 2.17. The molecule has 1 heterocycles. The number of sulfonamides is 1. The first-order valence-corrected chi connectivity index (χ1v) is 11.0. The van der Waals surface area contributed by atoms with Gasteiger partial charge in [0.05, 0.1) is 15.9 Å². The number of nitro benzene ring substituents is 1. The van der Waals surface area contributed by atoms with Crippen LogP contribution in [0.4, 0.5) is 5.69 Å². The molecule has 2 aromatic rings. The van der Waals surface area contributed by atoms with Crippen molar-refractivity contribution < 1.29 is 22.9 Å². The lowest BCUT2D eigenvalue weighted by atomic mass is 10.1. The van der Waals surface area contributed by atoms with Gasteiger partial charge in [-0.15, -0.1) is 0 Å². The molecule has 1 N–H and O–H groups in total. The van der Waals surface area contributed by atoms with Crippen molar-refractivity contribution in [3.05, 3.63) is 64.2 Å². The van der Waals surface area contributed by atoms with Gasteiger partial charge < -0.3 is 10.1 Å². The molecule has 1 aliphatic heterocycles. The molecule has 30 heavy (non-hydrogen) atoms. The Morgan fingerprint density at radius 2 is 1.87 bits per heavy atom. The van der Waals surface area contributed by atoms with E-state index >= 15 is 0 Å². The molecule has 0 saturated carbocycles. The number of ether oxygens (including phenoxy) is 1. The van der Waals surface area contributed by atoms with Crippen LogP contribution in [-0.2, 0) is 14.8 Å². The smallest absolute Gasteiger partial charge is 0.312 e. The minimum atomic E-state index is -3.80. The van der Waals surface area contributed by atoms with Crippen LogP contribution in [-0.4, -0.2) is 43.2 Å². The normalized spacial score (nSPS) is 15.5. The third-order valence-electron chi connectivity index (χ3n) is 4.87. The fraction of sp³-hybridized carbons (Fsp3) is 0.350. The molecule has 0 radical (unpaired) electrons. The molecular weight excluding hydrogens is 410 g/mol. The monoisotopic (exact) mass is 433 g/mol. The molecule has 3 rings (SSSR count). The van der Waals surface area contributed by atoms with Gasteiger partial charge in [-0.2, -0.15) is 4.31 Å². The first kappa shape index (κ1) is 21.7. The van der Waals surface area contributed by atoms with Crippen molar-refractivity contribution in [2.75, 3.05) is 19.7 Å². The molecule has 0 bridgehead atoms. The van der Waals surface area contributed by atoms with Crippen molar-refractivity contribution in [1.82, 2.24) is 9.62 Å². The maximum absolute atomic E-state index is 12.6. The van der Waals surface area contributed by atoms with Crippen molar-refractivity contribution in [3.63, 3.8) is 0 Å². The number of benzene rings is 2. The SMILES string of the molecule is C[C@@H](NC(=O)COc1ccc(S(=O)(=O)N2CCCC2)cc1[N+](=O)[O-])c1ccccc1. The van der Waals surface area contributed by atoms with Crippen molar-refractivity contribution in [1.29, 1.82) is 0 Å². The van der Waals surface area contributed by atoms with Crippen molar-refractivity contribution in [3.8, 4) is 5.75 Å². The molecule has 1 atom stereocenters. The van der Waals surface area contributed by atoms with Gasteiger partial charge in [0.15, 0.2) is 12.4 Å². The van der Waals surface area contributed by atoms with E-state index in [4.69, 9.17) is 4.74 Å². The lowest BCUT2D eigenvalue weighted by Crippen LogP contribution is -2.31. The van der Waals surface area contributed by atoms with Gasteiger partial charge in [0.1, 0.15) is 0 Å². The fourth-order valence-corrected chi connectivity index (χ4v) is 4.79. The molecule has 0 unspecified atom stereocenters. The zero-order valence-corrected chi connectivity index (χ0v) is 17.3. The molecule has 2 aromatic carbocycles.